The molecule has 0 fully saturated rings. The van der Waals surface area contributed by atoms with E-state index in [2.05, 4.69) is 12.1 Å². The van der Waals surface area contributed by atoms with Crippen molar-refractivity contribution in [3.8, 4) is 0 Å². The molecule has 0 spiro atoms. The predicted octanol–water partition coefficient (Wildman–Crippen LogP) is 2.97. The number of aryl methyl sites for hydroxylation is 2. The van der Waals surface area contributed by atoms with Gasteiger partial charge in [-0.25, -0.2) is 0 Å². The molecule has 1 aromatic heterocycles. The lowest BCUT2D eigenvalue weighted by atomic mass is 10.0. The van der Waals surface area contributed by atoms with Gasteiger partial charge in [-0.05, 0) is 30.9 Å². The number of carboxylic acid groups (broad SMARTS) is 1. The summed E-state index contributed by atoms with van der Waals surface area (Å²) in [5.74, 6) is -0.977. The van der Waals surface area contributed by atoms with Crippen LogP contribution in [0.1, 0.15) is 45.3 Å². The fraction of sp³-hybridized carbons (Fsp3) is 0.333. The minimum atomic E-state index is -1.01. The van der Waals surface area contributed by atoms with Crippen LogP contribution in [0.25, 0.3) is 0 Å². The summed E-state index contributed by atoms with van der Waals surface area (Å²) < 4.78 is 5.28. The first-order valence-corrected chi connectivity index (χ1v) is 7.62. The van der Waals surface area contributed by atoms with E-state index in [-0.39, 0.29) is 24.1 Å². The summed E-state index contributed by atoms with van der Waals surface area (Å²) in [6.45, 7) is 1.76. The molecule has 0 bridgehead atoms. The number of fused-ring (bicyclic) bond motifs is 1. The molecular weight excluding hydrogens is 294 g/mol. The van der Waals surface area contributed by atoms with Gasteiger partial charge in [-0.3, -0.25) is 9.59 Å². The molecule has 1 aliphatic carbocycles. The van der Waals surface area contributed by atoms with Crippen molar-refractivity contribution in [1.82, 2.24) is 4.90 Å². The Morgan fingerprint density at radius 3 is 2.83 bits per heavy atom. The van der Waals surface area contributed by atoms with Gasteiger partial charge in [0.2, 0.25) is 0 Å². The van der Waals surface area contributed by atoms with Crippen LogP contribution in [0.4, 0.5) is 0 Å². The quantitative estimate of drug-likeness (QED) is 0.942. The molecule has 0 aliphatic heterocycles. The van der Waals surface area contributed by atoms with E-state index in [0.717, 1.165) is 12.8 Å². The van der Waals surface area contributed by atoms with Crippen LogP contribution in [0.5, 0.6) is 0 Å². The maximum absolute atomic E-state index is 12.9. The van der Waals surface area contributed by atoms with Gasteiger partial charge in [-0.15, -0.1) is 0 Å². The van der Waals surface area contributed by atoms with Gasteiger partial charge in [-0.2, -0.15) is 0 Å². The Labute approximate surface area is 134 Å². The summed E-state index contributed by atoms with van der Waals surface area (Å²) in [7, 11) is 1.77. The van der Waals surface area contributed by atoms with E-state index >= 15 is 0 Å². The average molecular weight is 313 g/mol. The zero-order chi connectivity index (χ0) is 16.6. The topological polar surface area (TPSA) is 70.7 Å². The molecule has 1 atom stereocenters. The van der Waals surface area contributed by atoms with E-state index in [1.807, 2.05) is 12.1 Å². The van der Waals surface area contributed by atoms with E-state index in [1.54, 1.807) is 18.9 Å². The minimum Gasteiger partial charge on any atom is -0.481 e. The Bertz CT molecular complexity index is 762. The van der Waals surface area contributed by atoms with Gasteiger partial charge in [0.15, 0.2) is 0 Å². The SMILES string of the molecule is Cc1coc(CC(=O)O)c1C(=O)N(C)C1CCc2ccccc21. The second-order valence-corrected chi connectivity index (χ2v) is 5.96. The standard InChI is InChI=1S/C18H19NO4/c1-11-10-23-15(9-16(20)21)17(11)18(22)19(2)14-8-7-12-5-3-4-6-13(12)14/h3-6,10,14H,7-9H2,1-2H3,(H,20,21). The van der Waals surface area contributed by atoms with Crippen LogP contribution in [0.3, 0.4) is 0 Å². The van der Waals surface area contributed by atoms with E-state index < -0.39 is 5.97 Å². The van der Waals surface area contributed by atoms with Crippen molar-refractivity contribution < 1.29 is 19.1 Å². The molecule has 2 aromatic rings. The summed E-state index contributed by atoms with van der Waals surface area (Å²) >= 11 is 0. The van der Waals surface area contributed by atoms with Crippen LogP contribution in [-0.4, -0.2) is 28.9 Å². The Balaban J connectivity index is 1.90. The molecule has 0 saturated heterocycles. The van der Waals surface area contributed by atoms with E-state index in [1.165, 1.54) is 17.4 Å². The number of hydrogen-bond acceptors (Lipinski definition) is 3. The molecule has 1 N–H and O–H groups in total. The van der Waals surface area contributed by atoms with Crippen molar-refractivity contribution in [3.05, 3.63) is 58.5 Å². The first-order chi connectivity index (χ1) is 11.0. The Hall–Kier alpha value is -2.56. The summed E-state index contributed by atoms with van der Waals surface area (Å²) in [6, 6.07) is 8.15. The highest BCUT2D eigenvalue weighted by Crippen LogP contribution is 2.36. The number of rotatable bonds is 4. The second kappa shape index (κ2) is 5.91. The van der Waals surface area contributed by atoms with Crippen molar-refractivity contribution in [1.29, 1.82) is 0 Å². The van der Waals surface area contributed by atoms with Crippen LogP contribution in [-0.2, 0) is 17.6 Å². The minimum absolute atomic E-state index is 0.0191. The largest absolute Gasteiger partial charge is 0.481 e. The lowest BCUT2D eigenvalue weighted by Crippen LogP contribution is -2.31. The molecule has 5 heteroatoms. The first kappa shape index (κ1) is 15.3. The van der Waals surface area contributed by atoms with Crippen LogP contribution >= 0.6 is 0 Å². The third-order valence-electron chi connectivity index (χ3n) is 4.47. The molecule has 1 heterocycles. The summed E-state index contributed by atoms with van der Waals surface area (Å²) in [6.07, 6.45) is 2.99. The van der Waals surface area contributed by atoms with Gasteiger partial charge in [0.1, 0.15) is 12.2 Å². The number of benzene rings is 1. The lowest BCUT2D eigenvalue weighted by molar-refractivity contribution is -0.136. The fourth-order valence-electron chi connectivity index (χ4n) is 3.31. The maximum atomic E-state index is 12.9. The molecule has 0 radical (unpaired) electrons. The third kappa shape index (κ3) is 2.74. The lowest BCUT2D eigenvalue weighted by Gasteiger charge is -2.25. The molecule has 1 aliphatic rings. The van der Waals surface area contributed by atoms with Gasteiger partial charge in [0.25, 0.3) is 5.91 Å². The smallest absolute Gasteiger partial charge is 0.311 e. The third-order valence-corrected chi connectivity index (χ3v) is 4.47. The number of aliphatic carboxylic acids is 1. The highest BCUT2D eigenvalue weighted by atomic mass is 16.4. The number of carbonyl (C=O) groups excluding carboxylic acids is 1. The molecule has 3 rings (SSSR count). The molecular formula is C18H19NO4. The number of hydrogen-bond donors (Lipinski definition) is 1. The van der Waals surface area contributed by atoms with Crippen molar-refractivity contribution in [3.63, 3.8) is 0 Å². The Morgan fingerprint density at radius 1 is 1.35 bits per heavy atom. The van der Waals surface area contributed by atoms with Gasteiger partial charge in [-0.1, -0.05) is 24.3 Å². The van der Waals surface area contributed by atoms with E-state index in [9.17, 15) is 9.59 Å². The van der Waals surface area contributed by atoms with E-state index in [0.29, 0.717) is 11.1 Å². The van der Waals surface area contributed by atoms with Gasteiger partial charge < -0.3 is 14.4 Å². The van der Waals surface area contributed by atoms with Crippen molar-refractivity contribution in [2.75, 3.05) is 7.05 Å². The van der Waals surface area contributed by atoms with Crippen molar-refractivity contribution >= 4 is 11.9 Å². The van der Waals surface area contributed by atoms with Gasteiger partial charge in [0.05, 0.1) is 17.9 Å². The van der Waals surface area contributed by atoms with Crippen LogP contribution in [0, 0.1) is 6.92 Å². The number of amides is 1. The Morgan fingerprint density at radius 2 is 2.09 bits per heavy atom. The highest BCUT2D eigenvalue weighted by Gasteiger charge is 2.31. The van der Waals surface area contributed by atoms with Gasteiger partial charge in [0, 0.05) is 12.6 Å². The van der Waals surface area contributed by atoms with Gasteiger partial charge >= 0.3 is 5.97 Å². The molecule has 0 saturated carbocycles. The van der Waals surface area contributed by atoms with Crippen LogP contribution in [0.2, 0.25) is 0 Å². The number of nitrogens with zero attached hydrogens (tertiary/aromatic N) is 1. The molecule has 1 aromatic carbocycles. The normalized spacial score (nSPS) is 16.2. The zero-order valence-electron chi connectivity index (χ0n) is 13.2. The molecule has 120 valence electrons. The van der Waals surface area contributed by atoms with Crippen LogP contribution < -0.4 is 0 Å². The second-order valence-electron chi connectivity index (χ2n) is 5.96. The molecule has 1 unspecified atom stereocenters. The van der Waals surface area contributed by atoms with Crippen molar-refractivity contribution in [2.24, 2.45) is 0 Å². The average Bonchev–Trinajstić information content (AvgIpc) is 3.09. The van der Waals surface area contributed by atoms with E-state index in [4.69, 9.17) is 9.52 Å². The summed E-state index contributed by atoms with van der Waals surface area (Å²) in [5.41, 5.74) is 3.49. The number of carbonyl (C=O) groups is 2. The predicted molar refractivity (Wildman–Crippen MR) is 84.4 cm³/mol. The molecule has 5 nitrogen and oxygen atoms in total. The molecule has 23 heavy (non-hydrogen) atoms. The number of carboxylic acids is 1. The number of furan rings is 1. The fourth-order valence-corrected chi connectivity index (χ4v) is 3.31. The van der Waals surface area contributed by atoms with Crippen LogP contribution in [0.15, 0.2) is 34.9 Å². The molecule has 1 amide bonds. The Kier molecular flexibility index (Phi) is 3.94. The maximum Gasteiger partial charge on any atom is 0.311 e. The highest BCUT2D eigenvalue weighted by molar-refractivity contribution is 5.97. The summed E-state index contributed by atoms with van der Waals surface area (Å²) in [4.78, 5) is 25.6. The monoisotopic (exact) mass is 313 g/mol. The summed E-state index contributed by atoms with van der Waals surface area (Å²) in [5, 5.41) is 8.98. The zero-order valence-corrected chi connectivity index (χ0v) is 13.2. The first-order valence-electron chi connectivity index (χ1n) is 7.62. The van der Waals surface area contributed by atoms with Crippen molar-refractivity contribution in [2.45, 2.75) is 32.2 Å².